The van der Waals surface area contributed by atoms with Crippen LogP contribution in [0.5, 0.6) is 0 Å². The Hall–Kier alpha value is -2.86. The van der Waals surface area contributed by atoms with Crippen molar-refractivity contribution in [2.24, 2.45) is 5.41 Å². The first-order valence-corrected chi connectivity index (χ1v) is 10.3. The summed E-state index contributed by atoms with van der Waals surface area (Å²) in [5.41, 5.74) is 1.96. The molecule has 0 radical (unpaired) electrons. The van der Waals surface area contributed by atoms with E-state index in [0.29, 0.717) is 19.5 Å². The van der Waals surface area contributed by atoms with Gasteiger partial charge in [0.05, 0.1) is 17.5 Å². The number of nitrogens with zero attached hydrogens (tertiary/aromatic N) is 3. The lowest BCUT2D eigenvalue weighted by atomic mass is 9.95. The van der Waals surface area contributed by atoms with Crippen LogP contribution in [-0.2, 0) is 6.42 Å². The number of carbonyl (C=O) groups is 1. The molecular formula is C24H27FN4O. The molecule has 1 N–H and O–H groups in total. The Bertz CT molecular complexity index is 1060. The summed E-state index contributed by atoms with van der Waals surface area (Å²) in [5.74, 6) is -0.744. The van der Waals surface area contributed by atoms with E-state index in [9.17, 15) is 9.18 Å². The Morgan fingerprint density at radius 2 is 1.97 bits per heavy atom. The molecule has 6 heteroatoms. The van der Waals surface area contributed by atoms with Crippen molar-refractivity contribution in [1.29, 1.82) is 0 Å². The molecule has 0 unspecified atom stereocenters. The number of halogens is 1. The van der Waals surface area contributed by atoms with Crippen molar-refractivity contribution in [2.75, 3.05) is 19.6 Å². The number of carbonyl (C=O) groups excluding carboxylic acids is 1. The van der Waals surface area contributed by atoms with Crippen molar-refractivity contribution in [2.45, 2.75) is 33.2 Å². The van der Waals surface area contributed by atoms with Crippen LogP contribution in [0.2, 0.25) is 0 Å². The molecule has 2 aromatic carbocycles. The first kappa shape index (κ1) is 20.4. The zero-order valence-corrected chi connectivity index (χ0v) is 17.7. The van der Waals surface area contributed by atoms with Crippen molar-refractivity contribution in [3.8, 4) is 0 Å². The third-order valence-electron chi connectivity index (χ3n) is 5.37. The molecule has 0 aliphatic carbocycles. The fraction of sp³-hybridized carbons (Fsp3) is 0.375. The molecule has 156 valence electrons. The molecular weight excluding hydrogens is 379 g/mol. The highest BCUT2D eigenvalue weighted by Gasteiger charge is 2.32. The number of rotatable bonds is 5. The van der Waals surface area contributed by atoms with Crippen LogP contribution in [0.3, 0.4) is 0 Å². The number of likely N-dealkylation sites (tertiary alicyclic amines) is 1. The van der Waals surface area contributed by atoms with E-state index in [4.69, 9.17) is 0 Å². The second-order valence-corrected chi connectivity index (χ2v) is 9.22. The summed E-state index contributed by atoms with van der Waals surface area (Å²) in [6, 6.07) is 12.9. The highest BCUT2D eigenvalue weighted by Crippen LogP contribution is 2.22. The van der Waals surface area contributed by atoms with Gasteiger partial charge in [0.25, 0.3) is 5.91 Å². The molecule has 1 aromatic heterocycles. The van der Waals surface area contributed by atoms with Crippen molar-refractivity contribution >= 4 is 16.7 Å². The average Bonchev–Trinajstić information content (AvgIpc) is 2.67. The van der Waals surface area contributed by atoms with E-state index in [0.717, 1.165) is 28.6 Å². The first-order valence-electron chi connectivity index (χ1n) is 10.3. The second-order valence-electron chi connectivity index (χ2n) is 9.22. The van der Waals surface area contributed by atoms with Crippen LogP contribution in [0.15, 0.2) is 48.7 Å². The van der Waals surface area contributed by atoms with Gasteiger partial charge in [0.15, 0.2) is 0 Å². The molecule has 1 amide bonds. The van der Waals surface area contributed by atoms with Crippen LogP contribution < -0.4 is 5.32 Å². The molecule has 5 nitrogen and oxygen atoms in total. The maximum atomic E-state index is 14.4. The van der Waals surface area contributed by atoms with Crippen LogP contribution in [0.1, 0.15) is 42.4 Å². The van der Waals surface area contributed by atoms with Crippen molar-refractivity contribution in [1.82, 2.24) is 20.4 Å². The van der Waals surface area contributed by atoms with Crippen molar-refractivity contribution in [3.63, 3.8) is 0 Å². The van der Waals surface area contributed by atoms with E-state index < -0.39 is 5.82 Å². The van der Waals surface area contributed by atoms with Crippen LogP contribution in [-0.4, -0.2) is 46.7 Å². The Labute approximate surface area is 176 Å². The van der Waals surface area contributed by atoms with Gasteiger partial charge < -0.3 is 10.2 Å². The summed E-state index contributed by atoms with van der Waals surface area (Å²) in [6.45, 7) is 8.60. The summed E-state index contributed by atoms with van der Waals surface area (Å²) >= 11 is 0. The largest absolute Gasteiger partial charge is 0.335 e. The molecule has 1 fully saturated rings. The molecule has 0 spiro atoms. The maximum Gasteiger partial charge on any atom is 0.256 e. The smallest absolute Gasteiger partial charge is 0.256 e. The minimum atomic E-state index is -0.487. The lowest BCUT2D eigenvalue weighted by molar-refractivity contribution is 0.0552. The Morgan fingerprint density at radius 1 is 1.20 bits per heavy atom. The Balaban J connectivity index is 1.47. The molecule has 0 saturated carbocycles. The summed E-state index contributed by atoms with van der Waals surface area (Å²) in [4.78, 5) is 14.5. The number of amides is 1. The summed E-state index contributed by atoms with van der Waals surface area (Å²) < 4.78 is 14.4. The molecule has 3 aromatic rings. The number of nitrogens with one attached hydrogen (secondary N) is 1. The van der Waals surface area contributed by atoms with Gasteiger partial charge in [0.2, 0.25) is 0 Å². The van der Waals surface area contributed by atoms with Gasteiger partial charge in [-0.1, -0.05) is 51.1 Å². The molecule has 1 saturated heterocycles. The van der Waals surface area contributed by atoms with E-state index in [1.54, 1.807) is 23.2 Å². The summed E-state index contributed by atoms with van der Waals surface area (Å²) in [7, 11) is 0. The fourth-order valence-corrected chi connectivity index (χ4v) is 3.65. The quantitative estimate of drug-likeness (QED) is 0.700. The van der Waals surface area contributed by atoms with Crippen LogP contribution in [0.4, 0.5) is 4.39 Å². The minimum absolute atomic E-state index is 0.120. The van der Waals surface area contributed by atoms with Gasteiger partial charge in [-0.15, -0.1) is 0 Å². The Morgan fingerprint density at radius 3 is 2.73 bits per heavy atom. The van der Waals surface area contributed by atoms with Crippen molar-refractivity contribution < 1.29 is 9.18 Å². The third kappa shape index (κ3) is 4.49. The average molecular weight is 407 g/mol. The van der Waals surface area contributed by atoms with E-state index in [2.05, 4.69) is 36.3 Å². The van der Waals surface area contributed by atoms with Gasteiger partial charge in [-0.3, -0.25) is 4.79 Å². The van der Waals surface area contributed by atoms with Gasteiger partial charge in [-0.25, -0.2) is 4.39 Å². The van der Waals surface area contributed by atoms with Crippen molar-refractivity contribution in [3.05, 3.63) is 71.3 Å². The standard InChI is InChI=1S/C24H27FN4O/c1-24(2,3)15-26-18-13-29(14-18)23(30)20-10-16(8-9-21(20)25)11-22-19-7-5-4-6-17(19)12-27-28-22/h4-10,12,18,26H,11,13-15H2,1-3H3. The number of hydrogen-bond acceptors (Lipinski definition) is 4. The molecule has 2 heterocycles. The normalized spacial score (nSPS) is 14.7. The van der Waals surface area contributed by atoms with E-state index >= 15 is 0 Å². The maximum absolute atomic E-state index is 14.4. The Kier molecular flexibility index (Phi) is 5.52. The summed E-state index contributed by atoms with van der Waals surface area (Å²) in [5, 5.41) is 13.8. The van der Waals surface area contributed by atoms with Gasteiger partial charge >= 0.3 is 0 Å². The van der Waals surface area contributed by atoms with Gasteiger partial charge in [-0.05, 0) is 23.1 Å². The predicted molar refractivity (Wildman–Crippen MR) is 116 cm³/mol. The zero-order valence-electron chi connectivity index (χ0n) is 17.7. The van der Waals surface area contributed by atoms with Gasteiger partial charge in [0, 0.05) is 42.9 Å². The lowest BCUT2D eigenvalue weighted by Gasteiger charge is -2.41. The lowest BCUT2D eigenvalue weighted by Crippen LogP contribution is -2.60. The first-order chi connectivity index (χ1) is 14.3. The summed E-state index contributed by atoms with van der Waals surface area (Å²) in [6.07, 6.45) is 2.22. The molecule has 4 rings (SSSR count). The second kappa shape index (κ2) is 8.11. The van der Waals surface area contributed by atoms with Crippen LogP contribution in [0.25, 0.3) is 10.8 Å². The molecule has 1 aliphatic rings. The number of hydrogen-bond donors (Lipinski definition) is 1. The van der Waals surface area contributed by atoms with E-state index in [1.807, 2.05) is 24.3 Å². The van der Waals surface area contributed by atoms with E-state index in [1.165, 1.54) is 6.07 Å². The monoisotopic (exact) mass is 406 g/mol. The fourth-order valence-electron chi connectivity index (χ4n) is 3.65. The molecule has 30 heavy (non-hydrogen) atoms. The number of aromatic nitrogens is 2. The number of benzene rings is 2. The van der Waals surface area contributed by atoms with Crippen LogP contribution in [0, 0.1) is 11.2 Å². The predicted octanol–water partition coefficient (Wildman–Crippen LogP) is 3.82. The highest BCUT2D eigenvalue weighted by molar-refractivity contribution is 5.95. The third-order valence-corrected chi connectivity index (χ3v) is 5.37. The molecule has 1 aliphatic heterocycles. The van der Waals surface area contributed by atoms with Gasteiger partial charge in [0.1, 0.15) is 5.82 Å². The number of fused-ring (bicyclic) bond motifs is 1. The highest BCUT2D eigenvalue weighted by atomic mass is 19.1. The molecule has 0 atom stereocenters. The van der Waals surface area contributed by atoms with Gasteiger partial charge in [-0.2, -0.15) is 10.2 Å². The van der Waals surface area contributed by atoms with E-state index in [-0.39, 0.29) is 22.9 Å². The van der Waals surface area contributed by atoms with Crippen LogP contribution >= 0.6 is 0 Å². The minimum Gasteiger partial charge on any atom is -0.335 e. The molecule has 0 bridgehead atoms. The topological polar surface area (TPSA) is 58.1 Å². The SMILES string of the molecule is CC(C)(C)CNC1CN(C(=O)c2cc(Cc3nncc4ccccc34)ccc2F)C1. The zero-order chi connectivity index (χ0) is 21.3.